The SMILES string of the molecule is CCCc1cc(CCl)cc(N2CCN(C(C)(C)C)CC2)n1. The van der Waals surface area contributed by atoms with Crippen LogP contribution in [0.3, 0.4) is 0 Å². The summed E-state index contributed by atoms with van der Waals surface area (Å²) in [5.74, 6) is 1.67. The van der Waals surface area contributed by atoms with Crippen molar-refractivity contribution in [3.05, 3.63) is 23.4 Å². The average molecular weight is 310 g/mol. The zero-order valence-corrected chi connectivity index (χ0v) is 14.6. The molecule has 0 spiro atoms. The molecule has 1 saturated heterocycles. The number of hydrogen-bond donors (Lipinski definition) is 0. The second-order valence-electron chi connectivity index (χ2n) is 6.85. The standard InChI is InChI=1S/C17H28ClN3/c1-5-6-15-11-14(13-18)12-16(19-15)20-7-9-21(10-8-20)17(2,3)4/h11-12H,5-10,13H2,1-4H3. The van der Waals surface area contributed by atoms with Gasteiger partial charge in [-0.05, 0) is 44.9 Å². The molecule has 0 saturated carbocycles. The number of aryl methyl sites for hydroxylation is 1. The highest BCUT2D eigenvalue weighted by atomic mass is 35.5. The molecule has 2 heterocycles. The largest absolute Gasteiger partial charge is 0.354 e. The highest BCUT2D eigenvalue weighted by Gasteiger charge is 2.26. The van der Waals surface area contributed by atoms with Crippen molar-refractivity contribution >= 4 is 17.4 Å². The number of anilines is 1. The van der Waals surface area contributed by atoms with E-state index in [9.17, 15) is 0 Å². The summed E-state index contributed by atoms with van der Waals surface area (Å²) < 4.78 is 0. The van der Waals surface area contributed by atoms with Crippen LogP contribution in [-0.4, -0.2) is 41.6 Å². The third-order valence-electron chi connectivity index (χ3n) is 4.14. The third kappa shape index (κ3) is 4.33. The second-order valence-corrected chi connectivity index (χ2v) is 7.12. The Balaban J connectivity index is 2.10. The minimum absolute atomic E-state index is 0.255. The molecular formula is C17H28ClN3. The molecule has 0 aliphatic carbocycles. The Morgan fingerprint density at radius 1 is 1.14 bits per heavy atom. The number of rotatable bonds is 4. The smallest absolute Gasteiger partial charge is 0.129 e. The Hall–Kier alpha value is -0.800. The zero-order valence-electron chi connectivity index (χ0n) is 13.8. The number of pyridine rings is 1. The molecular weight excluding hydrogens is 282 g/mol. The summed E-state index contributed by atoms with van der Waals surface area (Å²) in [6.45, 7) is 13.3. The summed E-state index contributed by atoms with van der Waals surface area (Å²) >= 11 is 6.04. The van der Waals surface area contributed by atoms with Crippen LogP contribution in [0.25, 0.3) is 0 Å². The highest BCUT2D eigenvalue weighted by Crippen LogP contribution is 2.22. The third-order valence-corrected chi connectivity index (χ3v) is 4.45. The normalized spacial score (nSPS) is 17.3. The van der Waals surface area contributed by atoms with Crippen LogP contribution in [0.2, 0.25) is 0 Å². The van der Waals surface area contributed by atoms with Crippen LogP contribution in [0.4, 0.5) is 5.82 Å². The van der Waals surface area contributed by atoms with Crippen LogP contribution in [0.1, 0.15) is 45.4 Å². The van der Waals surface area contributed by atoms with Gasteiger partial charge in [0.25, 0.3) is 0 Å². The van der Waals surface area contributed by atoms with E-state index >= 15 is 0 Å². The molecule has 0 N–H and O–H groups in total. The Morgan fingerprint density at radius 3 is 2.33 bits per heavy atom. The van der Waals surface area contributed by atoms with Crippen molar-refractivity contribution in [3.8, 4) is 0 Å². The van der Waals surface area contributed by atoms with Crippen molar-refractivity contribution in [2.24, 2.45) is 0 Å². The molecule has 2 rings (SSSR count). The summed E-state index contributed by atoms with van der Waals surface area (Å²) in [6.07, 6.45) is 2.15. The summed E-state index contributed by atoms with van der Waals surface area (Å²) in [6, 6.07) is 4.30. The molecule has 1 fully saturated rings. The number of alkyl halides is 1. The van der Waals surface area contributed by atoms with Gasteiger partial charge in [-0.3, -0.25) is 4.90 Å². The molecule has 0 atom stereocenters. The summed E-state index contributed by atoms with van der Waals surface area (Å²) in [5, 5.41) is 0. The molecule has 4 heteroatoms. The van der Waals surface area contributed by atoms with Gasteiger partial charge in [-0.2, -0.15) is 0 Å². The average Bonchev–Trinajstić information content (AvgIpc) is 2.46. The predicted octanol–water partition coefficient (Wildman–Crippen LogP) is 3.69. The quantitative estimate of drug-likeness (QED) is 0.791. The summed E-state index contributed by atoms with van der Waals surface area (Å²) in [7, 11) is 0. The molecule has 0 radical (unpaired) electrons. The van der Waals surface area contributed by atoms with E-state index in [0.29, 0.717) is 5.88 Å². The Kier molecular flexibility index (Phi) is 5.50. The van der Waals surface area contributed by atoms with E-state index in [1.54, 1.807) is 0 Å². The van der Waals surface area contributed by atoms with E-state index in [1.807, 2.05) is 0 Å². The van der Waals surface area contributed by atoms with Gasteiger partial charge in [0.15, 0.2) is 0 Å². The van der Waals surface area contributed by atoms with Crippen LogP contribution in [-0.2, 0) is 12.3 Å². The van der Waals surface area contributed by atoms with Crippen LogP contribution < -0.4 is 4.90 Å². The number of halogens is 1. The number of hydrogen-bond acceptors (Lipinski definition) is 3. The molecule has 0 aromatic carbocycles. The van der Waals surface area contributed by atoms with Gasteiger partial charge in [-0.15, -0.1) is 11.6 Å². The number of aromatic nitrogens is 1. The van der Waals surface area contributed by atoms with E-state index in [4.69, 9.17) is 16.6 Å². The van der Waals surface area contributed by atoms with E-state index < -0.39 is 0 Å². The summed E-state index contributed by atoms with van der Waals surface area (Å²) in [4.78, 5) is 9.77. The van der Waals surface area contributed by atoms with Crippen molar-refractivity contribution in [2.45, 2.75) is 52.0 Å². The first-order valence-corrected chi connectivity index (χ1v) is 8.53. The first kappa shape index (κ1) is 16.6. The van der Waals surface area contributed by atoms with E-state index in [0.717, 1.165) is 44.8 Å². The lowest BCUT2D eigenvalue weighted by Crippen LogP contribution is -2.53. The Bertz CT molecular complexity index is 460. The van der Waals surface area contributed by atoms with Crippen LogP contribution in [0.15, 0.2) is 12.1 Å². The molecule has 118 valence electrons. The maximum atomic E-state index is 6.04. The molecule has 21 heavy (non-hydrogen) atoms. The number of piperazine rings is 1. The van der Waals surface area contributed by atoms with Crippen LogP contribution in [0.5, 0.6) is 0 Å². The van der Waals surface area contributed by atoms with Gasteiger partial charge < -0.3 is 4.90 Å². The minimum atomic E-state index is 0.255. The summed E-state index contributed by atoms with van der Waals surface area (Å²) in [5.41, 5.74) is 2.61. The fourth-order valence-corrected chi connectivity index (χ4v) is 3.02. The molecule has 0 bridgehead atoms. The predicted molar refractivity (Wildman–Crippen MR) is 91.3 cm³/mol. The fourth-order valence-electron chi connectivity index (χ4n) is 2.86. The van der Waals surface area contributed by atoms with E-state index in [-0.39, 0.29) is 5.54 Å². The lowest BCUT2D eigenvalue weighted by molar-refractivity contribution is 0.128. The number of nitrogens with zero attached hydrogens (tertiary/aromatic N) is 3. The van der Waals surface area contributed by atoms with Crippen LogP contribution in [0, 0.1) is 0 Å². The molecule has 1 aromatic heterocycles. The van der Waals surface area contributed by atoms with Gasteiger partial charge in [0.05, 0.1) is 0 Å². The van der Waals surface area contributed by atoms with Gasteiger partial charge in [0.1, 0.15) is 5.82 Å². The molecule has 1 aliphatic heterocycles. The van der Waals surface area contributed by atoms with Gasteiger partial charge in [0.2, 0.25) is 0 Å². The topological polar surface area (TPSA) is 19.4 Å². The minimum Gasteiger partial charge on any atom is -0.354 e. The van der Waals surface area contributed by atoms with Crippen molar-refractivity contribution in [1.82, 2.24) is 9.88 Å². The highest BCUT2D eigenvalue weighted by molar-refractivity contribution is 6.17. The van der Waals surface area contributed by atoms with E-state index in [1.165, 1.54) is 11.3 Å². The van der Waals surface area contributed by atoms with Crippen molar-refractivity contribution < 1.29 is 0 Å². The zero-order chi connectivity index (χ0) is 15.5. The molecule has 0 amide bonds. The van der Waals surface area contributed by atoms with Crippen molar-refractivity contribution in [2.75, 3.05) is 31.1 Å². The van der Waals surface area contributed by atoms with Gasteiger partial charge in [0, 0.05) is 43.3 Å². The second kappa shape index (κ2) is 6.97. The Labute approximate surface area is 134 Å². The lowest BCUT2D eigenvalue weighted by atomic mass is 10.0. The van der Waals surface area contributed by atoms with Gasteiger partial charge in [-0.1, -0.05) is 13.3 Å². The maximum absolute atomic E-state index is 6.04. The maximum Gasteiger partial charge on any atom is 0.129 e. The van der Waals surface area contributed by atoms with Gasteiger partial charge in [-0.25, -0.2) is 4.98 Å². The van der Waals surface area contributed by atoms with Crippen molar-refractivity contribution in [3.63, 3.8) is 0 Å². The van der Waals surface area contributed by atoms with E-state index in [2.05, 4.69) is 49.6 Å². The monoisotopic (exact) mass is 309 g/mol. The molecule has 0 unspecified atom stereocenters. The molecule has 3 nitrogen and oxygen atoms in total. The Morgan fingerprint density at radius 2 is 1.81 bits per heavy atom. The first-order chi connectivity index (χ1) is 9.94. The van der Waals surface area contributed by atoms with Gasteiger partial charge >= 0.3 is 0 Å². The van der Waals surface area contributed by atoms with Crippen LogP contribution >= 0.6 is 11.6 Å². The fraction of sp³-hybridized carbons (Fsp3) is 0.706. The van der Waals surface area contributed by atoms with Crippen molar-refractivity contribution in [1.29, 1.82) is 0 Å². The first-order valence-electron chi connectivity index (χ1n) is 8.00. The molecule has 1 aliphatic rings. The lowest BCUT2D eigenvalue weighted by Gasteiger charge is -2.42. The molecule has 1 aromatic rings.